The van der Waals surface area contributed by atoms with E-state index in [1.807, 2.05) is 0 Å². The number of nitrogens with zero attached hydrogens (tertiary/aromatic N) is 1. The first-order valence-corrected chi connectivity index (χ1v) is 5.93. The van der Waals surface area contributed by atoms with Gasteiger partial charge in [-0.3, -0.25) is 4.79 Å². The summed E-state index contributed by atoms with van der Waals surface area (Å²) in [4.78, 5) is 12.9. The molecule has 0 radical (unpaired) electrons. The van der Waals surface area contributed by atoms with E-state index < -0.39 is 11.6 Å². The Hall–Kier alpha value is -1.65. The maximum absolute atomic E-state index is 13.0. The topological polar surface area (TPSA) is 29.5 Å². The molecule has 0 aromatic heterocycles. The van der Waals surface area contributed by atoms with E-state index >= 15 is 0 Å². The lowest BCUT2D eigenvalue weighted by Gasteiger charge is -2.32. The number of carbonyl (C=O) groups is 1. The molecule has 0 saturated carbocycles. The highest BCUT2D eigenvalue weighted by Crippen LogP contribution is 2.20. The van der Waals surface area contributed by atoms with E-state index in [0.717, 1.165) is 31.0 Å². The van der Waals surface area contributed by atoms with Crippen LogP contribution < -0.4 is 4.74 Å². The van der Waals surface area contributed by atoms with Crippen molar-refractivity contribution in [3.8, 4) is 5.75 Å². The summed E-state index contributed by atoms with van der Waals surface area (Å²) in [5.74, 6) is -1.16. The molecule has 1 aromatic rings. The summed E-state index contributed by atoms with van der Waals surface area (Å²) in [6.07, 6.45) is 1.41. The average molecular weight is 255 g/mol. The molecule has 18 heavy (non-hydrogen) atoms. The predicted molar refractivity (Wildman–Crippen MR) is 62.3 cm³/mol. The van der Waals surface area contributed by atoms with Gasteiger partial charge in [0.1, 0.15) is 23.5 Å². The Bertz CT molecular complexity index is 430. The maximum Gasteiger partial charge on any atom is 0.219 e. The minimum Gasteiger partial charge on any atom is -0.488 e. The fourth-order valence-electron chi connectivity index (χ4n) is 2.11. The molecule has 5 heteroatoms. The third kappa shape index (κ3) is 3.18. The molecule has 1 aliphatic heterocycles. The van der Waals surface area contributed by atoms with Crippen LogP contribution in [0, 0.1) is 11.6 Å². The summed E-state index contributed by atoms with van der Waals surface area (Å²) in [7, 11) is 0. The summed E-state index contributed by atoms with van der Waals surface area (Å²) in [5.41, 5.74) is 0. The number of benzene rings is 1. The van der Waals surface area contributed by atoms with Crippen molar-refractivity contribution in [3.63, 3.8) is 0 Å². The molecule has 1 aliphatic rings. The summed E-state index contributed by atoms with van der Waals surface area (Å²) < 4.78 is 31.5. The first kappa shape index (κ1) is 12.8. The van der Waals surface area contributed by atoms with E-state index in [1.54, 1.807) is 4.90 Å². The zero-order chi connectivity index (χ0) is 13.1. The predicted octanol–water partition coefficient (Wildman–Crippen LogP) is 2.35. The van der Waals surface area contributed by atoms with Crippen LogP contribution in [0.2, 0.25) is 0 Å². The van der Waals surface area contributed by atoms with Crippen molar-refractivity contribution in [1.82, 2.24) is 4.90 Å². The minimum atomic E-state index is -0.663. The van der Waals surface area contributed by atoms with Gasteiger partial charge in [-0.05, 0) is 12.8 Å². The van der Waals surface area contributed by atoms with E-state index in [9.17, 15) is 13.6 Å². The van der Waals surface area contributed by atoms with E-state index in [1.165, 1.54) is 6.92 Å². The third-order valence-electron chi connectivity index (χ3n) is 2.96. The van der Waals surface area contributed by atoms with Crippen molar-refractivity contribution in [3.05, 3.63) is 29.8 Å². The number of hydrogen-bond donors (Lipinski definition) is 0. The molecule has 0 spiro atoms. The highest BCUT2D eigenvalue weighted by molar-refractivity contribution is 5.73. The SMILES string of the molecule is CC(=O)N1CCCC(Oc2cc(F)cc(F)c2)C1. The van der Waals surface area contributed by atoms with Crippen LogP contribution >= 0.6 is 0 Å². The number of piperidine rings is 1. The van der Waals surface area contributed by atoms with Gasteiger partial charge in [-0.25, -0.2) is 8.78 Å². The zero-order valence-electron chi connectivity index (χ0n) is 10.2. The lowest BCUT2D eigenvalue weighted by Crippen LogP contribution is -2.43. The molecule has 98 valence electrons. The Kier molecular flexibility index (Phi) is 3.79. The molecule has 3 nitrogen and oxygen atoms in total. The van der Waals surface area contributed by atoms with Crippen LogP contribution in [-0.4, -0.2) is 30.0 Å². The standard InChI is InChI=1S/C13H15F2NO2/c1-9(17)16-4-2-3-12(8-16)18-13-6-10(14)5-11(15)7-13/h5-7,12H,2-4,8H2,1H3. The van der Waals surface area contributed by atoms with Gasteiger partial charge < -0.3 is 9.64 Å². The normalized spacial score (nSPS) is 19.7. The van der Waals surface area contributed by atoms with Crippen LogP contribution in [0.25, 0.3) is 0 Å². The van der Waals surface area contributed by atoms with Gasteiger partial charge >= 0.3 is 0 Å². The van der Waals surface area contributed by atoms with Crippen LogP contribution in [-0.2, 0) is 4.79 Å². The summed E-state index contributed by atoms with van der Waals surface area (Å²) in [6.45, 7) is 2.68. The first-order chi connectivity index (χ1) is 8.54. The van der Waals surface area contributed by atoms with Gasteiger partial charge in [0.2, 0.25) is 5.91 Å². The zero-order valence-corrected chi connectivity index (χ0v) is 10.2. The minimum absolute atomic E-state index is 0.00581. The quantitative estimate of drug-likeness (QED) is 0.812. The van der Waals surface area contributed by atoms with Gasteiger partial charge in [0.05, 0.1) is 6.54 Å². The van der Waals surface area contributed by atoms with E-state index in [2.05, 4.69) is 0 Å². The van der Waals surface area contributed by atoms with Gasteiger partial charge in [0.15, 0.2) is 0 Å². The Morgan fingerprint density at radius 2 is 2.00 bits per heavy atom. The highest BCUT2D eigenvalue weighted by Gasteiger charge is 2.23. The van der Waals surface area contributed by atoms with Crippen LogP contribution in [0.5, 0.6) is 5.75 Å². The lowest BCUT2D eigenvalue weighted by molar-refractivity contribution is -0.131. The van der Waals surface area contributed by atoms with Gasteiger partial charge in [0, 0.05) is 31.7 Å². The van der Waals surface area contributed by atoms with Gasteiger partial charge in [0.25, 0.3) is 0 Å². The Morgan fingerprint density at radius 1 is 1.33 bits per heavy atom. The molecule has 1 unspecified atom stereocenters. The second-order valence-corrected chi connectivity index (χ2v) is 4.45. The molecule has 0 N–H and O–H groups in total. The van der Waals surface area contributed by atoms with Gasteiger partial charge in [-0.15, -0.1) is 0 Å². The van der Waals surface area contributed by atoms with Crippen molar-refractivity contribution >= 4 is 5.91 Å². The van der Waals surface area contributed by atoms with Crippen molar-refractivity contribution in [1.29, 1.82) is 0 Å². The summed E-state index contributed by atoms with van der Waals surface area (Å²) >= 11 is 0. The number of amides is 1. The molecule has 1 heterocycles. The van der Waals surface area contributed by atoms with Crippen LogP contribution in [0.1, 0.15) is 19.8 Å². The van der Waals surface area contributed by atoms with Crippen molar-refractivity contribution < 1.29 is 18.3 Å². The number of ether oxygens (including phenoxy) is 1. The Morgan fingerprint density at radius 3 is 2.61 bits per heavy atom. The molecule has 1 amide bonds. The molecule has 1 atom stereocenters. The molecule has 2 rings (SSSR count). The number of hydrogen-bond acceptors (Lipinski definition) is 2. The second-order valence-electron chi connectivity index (χ2n) is 4.45. The van der Waals surface area contributed by atoms with E-state index in [-0.39, 0.29) is 17.8 Å². The van der Waals surface area contributed by atoms with Crippen molar-refractivity contribution in [2.75, 3.05) is 13.1 Å². The fraction of sp³-hybridized carbons (Fsp3) is 0.462. The first-order valence-electron chi connectivity index (χ1n) is 5.93. The lowest BCUT2D eigenvalue weighted by atomic mass is 10.1. The largest absolute Gasteiger partial charge is 0.488 e. The monoisotopic (exact) mass is 255 g/mol. The van der Waals surface area contributed by atoms with Crippen molar-refractivity contribution in [2.24, 2.45) is 0 Å². The van der Waals surface area contributed by atoms with Crippen molar-refractivity contribution in [2.45, 2.75) is 25.9 Å². The van der Waals surface area contributed by atoms with Crippen LogP contribution in [0.4, 0.5) is 8.78 Å². The number of halogens is 2. The van der Waals surface area contributed by atoms with Gasteiger partial charge in [-0.1, -0.05) is 0 Å². The van der Waals surface area contributed by atoms with Crippen LogP contribution in [0.15, 0.2) is 18.2 Å². The number of likely N-dealkylation sites (tertiary alicyclic amines) is 1. The Balaban J connectivity index is 2.02. The smallest absolute Gasteiger partial charge is 0.219 e. The second kappa shape index (κ2) is 5.33. The number of carbonyl (C=O) groups excluding carboxylic acids is 1. The number of rotatable bonds is 2. The summed E-state index contributed by atoms with van der Waals surface area (Å²) in [5, 5.41) is 0. The highest BCUT2D eigenvalue weighted by atomic mass is 19.1. The third-order valence-corrected chi connectivity index (χ3v) is 2.96. The fourth-order valence-corrected chi connectivity index (χ4v) is 2.11. The molecule has 1 fully saturated rings. The Labute approximate surface area is 104 Å². The van der Waals surface area contributed by atoms with E-state index in [4.69, 9.17) is 4.74 Å². The molecule has 0 aliphatic carbocycles. The average Bonchev–Trinajstić information content (AvgIpc) is 2.27. The van der Waals surface area contributed by atoms with Gasteiger partial charge in [-0.2, -0.15) is 0 Å². The maximum atomic E-state index is 13.0. The van der Waals surface area contributed by atoms with E-state index in [0.29, 0.717) is 13.1 Å². The molecule has 0 bridgehead atoms. The molecule has 1 aromatic carbocycles. The van der Waals surface area contributed by atoms with Crippen LogP contribution in [0.3, 0.4) is 0 Å². The molecular weight excluding hydrogens is 240 g/mol. The summed E-state index contributed by atoms with van der Waals surface area (Å²) in [6, 6.07) is 3.10. The molecule has 1 saturated heterocycles. The molecular formula is C13H15F2NO2.